The van der Waals surface area contributed by atoms with Crippen LogP contribution in [0.4, 0.5) is 17.1 Å². The fourth-order valence-corrected chi connectivity index (χ4v) is 4.65. The van der Waals surface area contributed by atoms with E-state index in [1.54, 1.807) is 11.1 Å². The van der Waals surface area contributed by atoms with Crippen LogP contribution in [-0.2, 0) is 22.4 Å². The Kier molecular flexibility index (Phi) is 6.82. The van der Waals surface area contributed by atoms with Crippen molar-refractivity contribution >= 4 is 34.8 Å². The molecule has 1 N–H and O–H groups in total. The normalized spacial score (nSPS) is 15.2. The molecule has 0 saturated heterocycles. The first-order chi connectivity index (χ1) is 16.0. The number of nitrogens with one attached hydrogen (secondary N) is 1. The molecule has 6 heteroatoms. The van der Waals surface area contributed by atoms with Gasteiger partial charge >= 0.3 is 5.97 Å². The first-order valence-corrected chi connectivity index (χ1v) is 11.5. The molecular formula is C27H32N4O2. The highest BCUT2D eigenvalue weighted by molar-refractivity contribution is 6.44. The molecule has 2 heterocycles. The zero-order valence-electron chi connectivity index (χ0n) is 19.7. The van der Waals surface area contributed by atoms with E-state index in [9.17, 15) is 4.79 Å². The lowest BCUT2D eigenvalue weighted by atomic mass is 9.91. The van der Waals surface area contributed by atoms with Gasteiger partial charge in [0.2, 0.25) is 0 Å². The zero-order chi connectivity index (χ0) is 23.4. The number of hydrogen-bond acceptors (Lipinski definition) is 6. The Morgan fingerprint density at radius 2 is 1.85 bits per heavy atom. The molecule has 0 fully saturated rings. The molecule has 4 rings (SSSR count). The minimum Gasteiger partial charge on any atom is -0.464 e. The second-order valence-electron chi connectivity index (χ2n) is 8.47. The van der Waals surface area contributed by atoms with Crippen LogP contribution < -0.4 is 15.2 Å². The number of hydrogen-bond donors (Lipinski definition) is 1. The summed E-state index contributed by atoms with van der Waals surface area (Å²) in [6, 6.07) is 12.3. The van der Waals surface area contributed by atoms with Crippen LogP contribution in [0.1, 0.15) is 29.5 Å². The van der Waals surface area contributed by atoms with Crippen LogP contribution >= 0.6 is 0 Å². The van der Waals surface area contributed by atoms with Crippen molar-refractivity contribution in [3.8, 4) is 0 Å². The van der Waals surface area contributed by atoms with Gasteiger partial charge in [0.25, 0.3) is 0 Å². The van der Waals surface area contributed by atoms with Gasteiger partial charge in [0.1, 0.15) is 0 Å². The summed E-state index contributed by atoms with van der Waals surface area (Å²) in [5.41, 5.74) is 7.80. The van der Waals surface area contributed by atoms with E-state index in [0.29, 0.717) is 5.57 Å². The molecule has 172 valence electrons. The van der Waals surface area contributed by atoms with Crippen molar-refractivity contribution in [3.63, 3.8) is 0 Å². The van der Waals surface area contributed by atoms with Gasteiger partial charge in [-0.25, -0.2) is 4.79 Å². The summed E-state index contributed by atoms with van der Waals surface area (Å²) in [5, 5.41) is 9.56. The third-order valence-electron chi connectivity index (χ3n) is 6.32. The van der Waals surface area contributed by atoms with Gasteiger partial charge in [0.05, 0.1) is 12.8 Å². The highest BCUT2D eigenvalue weighted by atomic mass is 16.5. The number of hydrazone groups is 1. The smallest absolute Gasteiger partial charge is 0.359 e. The Morgan fingerprint density at radius 1 is 1.18 bits per heavy atom. The van der Waals surface area contributed by atoms with Crippen LogP contribution in [0.25, 0.3) is 6.08 Å². The summed E-state index contributed by atoms with van der Waals surface area (Å²) in [5.74, 6) is -0.510. The topological polar surface area (TPSA) is 57.2 Å². The molecule has 2 aromatic carbocycles. The summed E-state index contributed by atoms with van der Waals surface area (Å²) in [7, 11) is 5.11. The molecule has 2 aliphatic heterocycles. The van der Waals surface area contributed by atoms with Crippen molar-refractivity contribution < 1.29 is 9.53 Å². The molecule has 0 atom stereocenters. The Labute approximate surface area is 196 Å². The van der Waals surface area contributed by atoms with E-state index in [4.69, 9.17) is 4.74 Å². The Hall–Kier alpha value is -3.54. The minimum absolute atomic E-state index is 0.186. The van der Waals surface area contributed by atoms with Crippen molar-refractivity contribution in [3.05, 3.63) is 71.3 Å². The van der Waals surface area contributed by atoms with Crippen molar-refractivity contribution in [1.82, 2.24) is 0 Å². The lowest BCUT2D eigenvalue weighted by Crippen LogP contribution is -2.34. The lowest BCUT2D eigenvalue weighted by Gasteiger charge is -2.37. The number of rotatable bonds is 7. The maximum absolute atomic E-state index is 12.6. The molecule has 0 amide bonds. The summed E-state index contributed by atoms with van der Waals surface area (Å²) in [4.78, 5) is 15.1. The van der Waals surface area contributed by atoms with Crippen LogP contribution in [0.3, 0.4) is 0 Å². The number of ether oxygens (including phenoxy) is 1. The monoisotopic (exact) mass is 444 g/mol. The summed E-state index contributed by atoms with van der Waals surface area (Å²) >= 11 is 0. The number of aryl methyl sites for hydroxylation is 2. The number of esters is 1. The zero-order valence-corrected chi connectivity index (χ0v) is 19.7. The molecular weight excluding hydrogens is 412 g/mol. The van der Waals surface area contributed by atoms with Gasteiger partial charge in [-0.05, 0) is 60.6 Å². The van der Waals surface area contributed by atoms with E-state index in [-0.39, 0.29) is 5.71 Å². The summed E-state index contributed by atoms with van der Waals surface area (Å²) in [6.45, 7) is 6.38. The Morgan fingerprint density at radius 3 is 2.48 bits per heavy atom. The highest BCUT2D eigenvalue weighted by Gasteiger charge is 2.25. The quantitative estimate of drug-likeness (QED) is 0.291. The summed E-state index contributed by atoms with van der Waals surface area (Å²) in [6.07, 6.45) is 8.22. The molecule has 0 spiro atoms. The van der Waals surface area contributed by atoms with Crippen LogP contribution in [-0.4, -0.2) is 46.0 Å². The van der Waals surface area contributed by atoms with E-state index in [0.717, 1.165) is 42.9 Å². The number of carbonyl (C=O) groups excluding carboxylic acids is 1. The van der Waals surface area contributed by atoms with Gasteiger partial charge < -0.3 is 15.0 Å². The van der Waals surface area contributed by atoms with E-state index in [2.05, 4.69) is 34.0 Å². The standard InChI is InChI=1S/C27H32N4O2/c1-19(13-14-20-9-5-6-12-24(20)28-2)25(27(32)33-4)29-30(3)23-17-21-10-7-15-31-16-8-11-22(18-23)26(21)31/h5-6,9,12-14,17-18,28H,1,7-8,10-11,15-16H2,2-4H3/b14-13-,29-25-. The van der Waals surface area contributed by atoms with E-state index < -0.39 is 5.97 Å². The highest BCUT2D eigenvalue weighted by Crippen LogP contribution is 2.38. The number of carbonyl (C=O) groups is 1. The minimum atomic E-state index is -0.510. The largest absolute Gasteiger partial charge is 0.464 e. The fourth-order valence-electron chi connectivity index (χ4n) is 4.65. The van der Waals surface area contributed by atoms with E-state index in [1.165, 1.54) is 36.8 Å². The number of allylic oxidation sites excluding steroid dienone is 1. The first-order valence-electron chi connectivity index (χ1n) is 11.5. The number of benzene rings is 2. The van der Waals surface area contributed by atoms with Crippen LogP contribution in [0, 0.1) is 0 Å². The lowest BCUT2D eigenvalue weighted by molar-refractivity contribution is -0.132. The molecule has 6 nitrogen and oxygen atoms in total. The molecule has 0 aliphatic carbocycles. The molecule has 2 aromatic rings. The predicted octanol–water partition coefficient (Wildman–Crippen LogP) is 4.66. The second-order valence-corrected chi connectivity index (χ2v) is 8.47. The Bertz CT molecular complexity index is 1090. The summed E-state index contributed by atoms with van der Waals surface area (Å²) < 4.78 is 5.02. The van der Waals surface area contributed by atoms with Gasteiger partial charge in [-0.1, -0.05) is 36.9 Å². The molecule has 0 radical (unpaired) electrons. The van der Waals surface area contributed by atoms with Gasteiger partial charge in [0.15, 0.2) is 5.71 Å². The predicted molar refractivity (Wildman–Crippen MR) is 137 cm³/mol. The average molecular weight is 445 g/mol. The average Bonchev–Trinajstić information content (AvgIpc) is 2.85. The van der Waals surface area contributed by atoms with Crippen molar-refractivity contribution in [2.24, 2.45) is 5.10 Å². The Balaban J connectivity index is 1.63. The third-order valence-corrected chi connectivity index (χ3v) is 6.32. The third kappa shape index (κ3) is 4.80. The van der Waals surface area contributed by atoms with Crippen LogP contribution in [0.15, 0.2) is 59.7 Å². The fraction of sp³-hybridized carbons (Fsp3) is 0.333. The number of nitrogens with zero attached hydrogens (tertiary/aromatic N) is 3. The van der Waals surface area contributed by atoms with Gasteiger partial charge in [0, 0.05) is 44.1 Å². The first kappa shape index (κ1) is 22.6. The van der Waals surface area contributed by atoms with Crippen LogP contribution in [0.2, 0.25) is 0 Å². The molecule has 33 heavy (non-hydrogen) atoms. The molecule has 0 aromatic heterocycles. The van der Waals surface area contributed by atoms with E-state index >= 15 is 0 Å². The van der Waals surface area contributed by atoms with Gasteiger partial charge in [-0.3, -0.25) is 5.01 Å². The van der Waals surface area contributed by atoms with Crippen molar-refractivity contribution in [2.75, 3.05) is 49.5 Å². The van der Waals surface area contributed by atoms with Crippen molar-refractivity contribution in [1.29, 1.82) is 0 Å². The number of para-hydroxylation sites is 1. The van der Waals surface area contributed by atoms with Gasteiger partial charge in [-0.2, -0.15) is 5.10 Å². The molecule has 2 aliphatic rings. The second kappa shape index (κ2) is 9.94. The van der Waals surface area contributed by atoms with E-state index in [1.807, 2.05) is 44.4 Å². The molecule has 0 unspecified atom stereocenters. The van der Waals surface area contributed by atoms with Crippen molar-refractivity contribution in [2.45, 2.75) is 25.7 Å². The van der Waals surface area contributed by atoms with Crippen LogP contribution in [0.5, 0.6) is 0 Å². The number of anilines is 3. The maximum atomic E-state index is 12.6. The SMILES string of the molecule is C=C(/C=C\c1ccccc1NC)/C(=N/N(C)c1cc2c3c(c1)CCCN3CCC2)C(=O)OC. The molecule has 0 saturated carbocycles. The van der Waals surface area contributed by atoms with Gasteiger partial charge in [-0.15, -0.1) is 0 Å². The maximum Gasteiger partial charge on any atom is 0.359 e. The molecule has 0 bridgehead atoms. The number of methoxy groups -OCH3 is 1.